The number of aromatic nitrogens is 6. The van der Waals surface area contributed by atoms with Crippen LogP contribution in [0.25, 0.3) is 0 Å². The maximum Gasteiger partial charge on any atom is 0.328 e. The zero-order valence-electron chi connectivity index (χ0n) is 67.5. The molecule has 0 aliphatic carbocycles. The van der Waals surface area contributed by atoms with Crippen molar-refractivity contribution in [1.82, 2.24) is 44.6 Å². The summed E-state index contributed by atoms with van der Waals surface area (Å²) in [6.07, 6.45) is 11.0. The zero-order valence-corrected chi connectivity index (χ0v) is 67.5. The van der Waals surface area contributed by atoms with Gasteiger partial charge < -0.3 is 62.1 Å². The monoisotopic (exact) mass is 1650 g/mol. The highest BCUT2D eigenvalue weighted by Crippen LogP contribution is 2.36. The Balaban J connectivity index is 0.000000156. The fraction of sp³-hybridized carbons (Fsp3) is 0.494. The molecule has 0 saturated carbocycles. The average molecular weight is 1650 g/mol. The maximum atomic E-state index is 13.4. The number of nitrogens with one attached hydrogen (secondary N) is 3. The number of nitriles is 3. The molecule has 6 saturated heterocycles. The molecule has 9 aliphatic rings. The Morgan fingerprint density at radius 1 is 0.433 bits per heavy atom. The molecule has 6 fully saturated rings. The number of likely N-dealkylation sites (tertiary alicyclic amines) is 3. The van der Waals surface area contributed by atoms with Crippen LogP contribution in [0.15, 0.2) is 55.0 Å². The Labute approximate surface area is 691 Å². The summed E-state index contributed by atoms with van der Waals surface area (Å²) in [6.45, 7) is 6.36. The number of ether oxygens (including phenoxy) is 10. The Morgan fingerprint density at radius 3 is 1.10 bits per heavy atom. The van der Waals surface area contributed by atoms with Crippen LogP contribution in [-0.4, -0.2) is 264 Å². The van der Waals surface area contributed by atoms with Gasteiger partial charge in [0.25, 0.3) is 17.7 Å². The minimum Gasteiger partial charge on any atom is -0.484 e. The Kier molecular flexibility index (Phi) is 28.4. The van der Waals surface area contributed by atoms with Crippen molar-refractivity contribution in [3.8, 4) is 24.0 Å². The second kappa shape index (κ2) is 39.7. The number of hydrogen-bond donors (Lipinski definition) is 3. The lowest BCUT2D eigenvalue weighted by Gasteiger charge is -2.29. The third-order valence-corrected chi connectivity index (χ3v) is 22.9. The number of fused-ring (bicyclic) bond motifs is 3. The maximum absolute atomic E-state index is 13.4. The van der Waals surface area contributed by atoms with Crippen LogP contribution < -0.4 is 35.4 Å². The van der Waals surface area contributed by atoms with Crippen molar-refractivity contribution < 1.29 is 90.5 Å². The molecule has 0 spiro atoms. The summed E-state index contributed by atoms with van der Waals surface area (Å²) in [5.74, 6) is 2.13. The van der Waals surface area contributed by atoms with Crippen LogP contribution in [-0.2, 0) is 109 Å². The summed E-state index contributed by atoms with van der Waals surface area (Å²) in [6, 6.07) is 15.5. The normalized spacial score (nSPS) is 22.2. The van der Waals surface area contributed by atoms with Crippen LogP contribution in [0.4, 0.5) is 49.3 Å². The van der Waals surface area contributed by atoms with Crippen molar-refractivity contribution in [3.63, 3.8) is 0 Å². The highest BCUT2D eigenvalue weighted by molar-refractivity contribution is 6.04. The average Bonchev–Trinajstić information content (AvgIpc) is 0.963. The highest BCUT2D eigenvalue weighted by Gasteiger charge is 2.39. The Hall–Kier alpha value is -12.0. The van der Waals surface area contributed by atoms with Gasteiger partial charge in [0.05, 0.1) is 69.2 Å². The largest absolute Gasteiger partial charge is 0.484 e. The molecule has 37 nitrogen and oxygen atoms in total. The highest BCUT2D eigenvalue weighted by atomic mass is 16.6. The number of hydrogen-bond acceptors (Lipinski definition) is 28. The van der Waals surface area contributed by atoms with Gasteiger partial charge in [-0.25, -0.2) is 44.3 Å². The zero-order chi connectivity index (χ0) is 84.7. The number of rotatable bonds is 24. The topological polar surface area (TPSA) is 450 Å². The summed E-state index contributed by atoms with van der Waals surface area (Å²) in [4.78, 5) is 149. The van der Waals surface area contributed by atoms with Crippen LogP contribution in [0, 0.1) is 45.8 Å². The molecule has 3 N–H and O–H groups in total. The van der Waals surface area contributed by atoms with E-state index in [0.717, 1.165) is 27.8 Å². The molecule has 15 heterocycles. The van der Waals surface area contributed by atoms with Crippen molar-refractivity contribution in [1.29, 1.82) is 15.8 Å². The smallest absolute Gasteiger partial charge is 0.328 e. The number of aryl methyl sites for hydroxylation is 3. The number of nitrogens with zero attached hydrogens (tertiary/aromatic N) is 15. The van der Waals surface area contributed by atoms with Crippen LogP contribution >= 0.6 is 0 Å². The van der Waals surface area contributed by atoms with Gasteiger partial charge in [0.15, 0.2) is 25.0 Å². The predicted molar refractivity (Wildman–Crippen MR) is 426 cm³/mol. The van der Waals surface area contributed by atoms with Gasteiger partial charge in [-0.15, -0.1) is 0 Å². The SMILES string of the molecule is COC1CCN(Cc2cc3c(nc2C=O)N(C(=O)Nc2cc(C[C@@H]4COC[C@H]4OC)c(C#N)cn2)CCC3)C1=O.COC1CCN(Cc2cc3c(nc2C=O)N(C(=O)Nc2cc(O[C@H]4COC[C@@H]4OC)c(C#N)cn2)CCC3)C1=O.CO[C@H]1CCN(Cc2cc3c(nc2C=O)N(C(=O)Nc2cc(C[C@@H]4COC[C@H]4OC)c(C#N)cn2)CCC3)C1=O. The quantitative estimate of drug-likeness (QED) is 0.0595. The molecular weight excluding hydrogens is 1550 g/mol. The summed E-state index contributed by atoms with van der Waals surface area (Å²) in [5.41, 5.74) is 7.51. The van der Waals surface area contributed by atoms with E-state index in [4.69, 9.17) is 47.4 Å². The lowest BCUT2D eigenvalue weighted by molar-refractivity contribution is -0.137. The van der Waals surface area contributed by atoms with Gasteiger partial charge in [-0.2, -0.15) is 15.8 Å². The number of urea groups is 3. The molecule has 9 atom stereocenters. The van der Waals surface area contributed by atoms with Crippen molar-refractivity contribution in [2.24, 2.45) is 11.8 Å². The van der Waals surface area contributed by atoms with Gasteiger partial charge >= 0.3 is 18.1 Å². The molecular formula is C83H94N18O19. The molecule has 6 aromatic heterocycles. The summed E-state index contributed by atoms with van der Waals surface area (Å²) >= 11 is 0. The molecule has 37 heteroatoms. The first-order chi connectivity index (χ1) is 58.3. The van der Waals surface area contributed by atoms with Gasteiger partial charge in [0.2, 0.25) is 0 Å². The molecule has 120 heavy (non-hydrogen) atoms. The van der Waals surface area contributed by atoms with E-state index in [-0.39, 0.29) is 102 Å². The summed E-state index contributed by atoms with van der Waals surface area (Å²) < 4.78 is 54.5. The van der Waals surface area contributed by atoms with E-state index in [9.17, 15) is 58.9 Å². The third-order valence-electron chi connectivity index (χ3n) is 22.9. The molecule has 0 radical (unpaired) electrons. The Morgan fingerprint density at radius 2 is 0.767 bits per heavy atom. The van der Waals surface area contributed by atoms with Gasteiger partial charge in [-0.3, -0.25) is 59.4 Å². The standard InChI is InChI=1S/2C28H32N6O6.C27H30N6O7/c2*1-38-23-5-7-33(27(23)36)13-19-8-17-4-3-6-34(26(17)31-22(19)14-35)28(37)32-25-10-18(21(11-29)12-30-25)9-20-15-40-16-24(20)39-2;1-37-20-5-7-32(26(20)35)12-17-8-16-4-3-6-33(25(16)30-19(17)13-34)27(36)31-24-9-21(18(10-28)11-29-24)40-23-15-39-14-22(23)38-2/h2*8,10,12,14,20,23-24H,3-7,9,13,15-16H2,1-2H3,(H,30,32,37);8-9,11,13,20,22-23H,3-7,12,14-15H2,1-2H3,(H,29,31,36)/t20-,23?,24-;20-,23+,24-;20?,22-,23-/m110/s1. The number of carbonyl (C=O) groups excluding carboxylic acids is 9. The van der Waals surface area contributed by atoms with Crippen molar-refractivity contribution in [3.05, 3.63) is 133 Å². The minimum absolute atomic E-state index is 0.0597. The molecule has 9 amide bonds. The third kappa shape index (κ3) is 19.3. The predicted octanol–water partition coefficient (Wildman–Crippen LogP) is 5.88. The number of pyridine rings is 6. The fourth-order valence-corrected chi connectivity index (χ4v) is 16.3. The van der Waals surface area contributed by atoms with E-state index in [0.29, 0.717) is 225 Å². The van der Waals surface area contributed by atoms with Crippen molar-refractivity contribution in [2.45, 2.75) is 133 Å². The number of carbonyl (C=O) groups is 9. The molecule has 2 unspecified atom stereocenters. The van der Waals surface area contributed by atoms with Crippen molar-refractivity contribution >= 4 is 89.6 Å². The van der Waals surface area contributed by atoms with E-state index in [1.807, 2.05) is 24.3 Å². The lowest BCUT2D eigenvalue weighted by Crippen LogP contribution is -2.40. The minimum atomic E-state index is -0.488. The van der Waals surface area contributed by atoms with E-state index in [2.05, 4.69) is 58.0 Å². The first-order valence-electron chi connectivity index (χ1n) is 39.7. The second-order valence-corrected chi connectivity index (χ2v) is 30.1. The summed E-state index contributed by atoms with van der Waals surface area (Å²) in [7, 11) is 9.37. The fourth-order valence-electron chi connectivity index (χ4n) is 16.3. The number of amides is 9. The van der Waals surface area contributed by atoms with E-state index in [1.165, 1.54) is 60.7 Å². The van der Waals surface area contributed by atoms with Crippen LogP contribution in [0.5, 0.6) is 5.75 Å². The van der Waals surface area contributed by atoms with Gasteiger partial charge in [0, 0.05) is 168 Å². The van der Waals surface area contributed by atoms with E-state index >= 15 is 0 Å². The first-order valence-corrected chi connectivity index (χ1v) is 39.7. The van der Waals surface area contributed by atoms with E-state index in [1.54, 1.807) is 48.2 Å². The number of anilines is 6. The molecule has 9 aliphatic heterocycles. The molecule has 0 aromatic carbocycles. The number of methoxy groups -OCH3 is 6. The van der Waals surface area contributed by atoms with Gasteiger partial charge in [-0.1, -0.05) is 0 Å². The van der Waals surface area contributed by atoms with Crippen LogP contribution in [0.3, 0.4) is 0 Å². The van der Waals surface area contributed by atoms with Crippen LogP contribution in [0.1, 0.15) is 131 Å². The van der Waals surface area contributed by atoms with Gasteiger partial charge in [-0.05, 0) is 110 Å². The van der Waals surface area contributed by atoms with Gasteiger partial charge in [0.1, 0.15) is 106 Å². The molecule has 6 aromatic rings. The van der Waals surface area contributed by atoms with Crippen LogP contribution in [0.2, 0.25) is 0 Å². The lowest BCUT2D eigenvalue weighted by atomic mass is 9.94. The van der Waals surface area contributed by atoms with Crippen molar-refractivity contribution in [2.75, 3.05) is 152 Å². The van der Waals surface area contributed by atoms with E-state index < -0.39 is 42.5 Å². The molecule has 15 rings (SSSR count). The molecule has 0 bridgehead atoms. The molecule has 630 valence electrons. The summed E-state index contributed by atoms with van der Waals surface area (Å²) in [5, 5.41) is 37.1. The first kappa shape index (κ1) is 85.9. The second-order valence-electron chi connectivity index (χ2n) is 30.1. The number of aldehydes is 3. The Bertz CT molecular complexity index is 4510.